The van der Waals surface area contributed by atoms with E-state index in [-0.39, 0.29) is 0 Å². The van der Waals surface area contributed by atoms with Crippen LogP contribution in [0.5, 0.6) is 0 Å². The maximum absolute atomic E-state index is 4.25. The van der Waals surface area contributed by atoms with Crippen LogP contribution in [0.2, 0.25) is 0 Å². The van der Waals surface area contributed by atoms with Crippen molar-refractivity contribution in [1.82, 2.24) is 14.9 Å². The molecule has 4 nitrogen and oxygen atoms in total. The van der Waals surface area contributed by atoms with Crippen molar-refractivity contribution >= 4 is 5.69 Å². The number of hydrogen-bond acceptors (Lipinski definition) is 4. The van der Waals surface area contributed by atoms with Crippen molar-refractivity contribution in [3.8, 4) is 0 Å². The number of aromatic nitrogens is 2. The molecule has 2 fully saturated rings. The first-order chi connectivity index (χ1) is 11.9. The molecule has 0 radical (unpaired) electrons. The molecule has 1 aliphatic carbocycles. The molecule has 0 bridgehead atoms. The Morgan fingerprint density at radius 1 is 1.04 bits per heavy atom. The summed E-state index contributed by atoms with van der Waals surface area (Å²) in [6, 6.07) is 8.35. The lowest BCUT2D eigenvalue weighted by molar-refractivity contribution is 0.207. The molecule has 4 heteroatoms. The molecule has 0 unspecified atom stereocenters. The molecule has 2 aliphatic rings. The van der Waals surface area contributed by atoms with Crippen LogP contribution in [-0.2, 0) is 6.54 Å². The molecular formula is C20H26N4. The van der Waals surface area contributed by atoms with E-state index in [9.17, 15) is 0 Å². The Morgan fingerprint density at radius 3 is 2.79 bits per heavy atom. The number of rotatable bonds is 5. The summed E-state index contributed by atoms with van der Waals surface area (Å²) in [6.07, 6.45) is 11.7. The van der Waals surface area contributed by atoms with Gasteiger partial charge in [0.05, 0.1) is 0 Å². The zero-order valence-electron chi connectivity index (χ0n) is 14.1. The Hall–Kier alpha value is -1.94. The van der Waals surface area contributed by atoms with Crippen molar-refractivity contribution in [1.29, 1.82) is 0 Å². The molecule has 1 saturated carbocycles. The average Bonchev–Trinajstić information content (AvgIpc) is 3.04. The van der Waals surface area contributed by atoms with Crippen molar-refractivity contribution in [2.24, 2.45) is 17.8 Å². The van der Waals surface area contributed by atoms with Gasteiger partial charge in [-0.2, -0.15) is 0 Å². The molecule has 2 aromatic rings. The van der Waals surface area contributed by atoms with Crippen molar-refractivity contribution in [2.45, 2.75) is 25.8 Å². The minimum absolute atomic E-state index is 0.788. The van der Waals surface area contributed by atoms with Crippen molar-refractivity contribution in [3.05, 3.63) is 54.6 Å². The Morgan fingerprint density at radius 2 is 1.96 bits per heavy atom. The lowest BCUT2D eigenvalue weighted by Crippen LogP contribution is -2.32. The predicted octanol–water partition coefficient (Wildman–Crippen LogP) is 3.44. The predicted molar refractivity (Wildman–Crippen MR) is 96.6 cm³/mol. The van der Waals surface area contributed by atoms with Crippen LogP contribution >= 0.6 is 0 Å². The number of pyridine rings is 2. The number of nitrogens with zero attached hydrogens (tertiary/aromatic N) is 3. The van der Waals surface area contributed by atoms with Gasteiger partial charge in [-0.1, -0.05) is 12.5 Å². The van der Waals surface area contributed by atoms with Crippen LogP contribution in [0.15, 0.2) is 49.1 Å². The summed E-state index contributed by atoms with van der Waals surface area (Å²) in [5.41, 5.74) is 2.53. The SMILES string of the molecule is c1cncc(CN2C[C@@H]3CCC[C@H](CNc4ccncc4)[C@@H]3C2)c1. The molecule has 1 saturated heterocycles. The number of likely N-dealkylation sites (tertiary alicyclic amines) is 1. The number of anilines is 1. The molecule has 0 spiro atoms. The van der Waals surface area contributed by atoms with Crippen LogP contribution in [0, 0.1) is 17.8 Å². The molecule has 4 rings (SSSR count). The highest BCUT2D eigenvalue weighted by molar-refractivity contribution is 5.40. The molecular weight excluding hydrogens is 296 g/mol. The summed E-state index contributed by atoms with van der Waals surface area (Å²) in [5, 5.41) is 3.62. The van der Waals surface area contributed by atoms with E-state index < -0.39 is 0 Å². The number of nitrogens with one attached hydrogen (secondary N) is 1. The third-order valence-corrected chi connectivity index (χ3v) is 5.70. The van der Waals surface area contributed by atoms with Gasteiger partial charge in [-0.15, -0.1) is 0 Å². The van der Waals surface area contributed by atoms with Gasteiger partial charge in [-0.3, -0.25) is 14.9 Å². The minimum Gasteiger partial charge on any atom is -0.385 e. The lowest BCUT2D eigenvalue weighted by atomic mass is 9.74. The van der Waals surface area contributed by atoms with Crippen LogP contribution < -0.4 is 5.32 Å². The molecule has 1 aliphatic heterocycles. The summed E-state index contributed by atoms with van der Waals surface area (Å²) in [6.45, 7) is 4.63. The first kappa shape index (κ1) is 15.6. The third-order valence-electron chi connectivity index (χ3n) is 5.70. The van der Waals surface area contributed by atoms with Crippen LogP contribution in [0.4, 0.5) is 5.69 Å². The molecule has 24 heavy (non-hydrogen) atoms. The first-order valence-corrected chi connectivity index (χ1v) is 9.13. The van der Waals surface area contributed by atoms with E-state index in [4.69, 9.17) is 0 Å². The van der Waals surface area contributed by atoms with E-state index >= 15 is 0 Å². The highest BCUT2D eigenvalue weighted by atomic mass is 15.2. The zero-order valence-corrected chi connectivity index (χ0v) is 14.1. The van der Waals surface area contributed by atoms with Gasteiger partial charge in [-0.25, -0.2) is 0 Å². The van der Waals surface area contributed by atoms with Gasteiger partial charge in [0.25, 0.3) is 0 Å². The van der Waals surface area contributed by atoms with E-state index in [1.54, 1.807) is 0 Å². The third kappa shape index (κ3) is 3.59. The van der Waals surface area contributed by atoms with Crippen LogP contribution in [0.25, 0.3) is 0 Å². The zero-order chi connectivity index (χ0) is 16.2. The Bertz CT molecular complexity index is 631. The lowest BCUT2D eigenvalue weighted by Gasteiger charge is -2.33. The maximum Gasteiger partial charge on any atom is 0.0371 e. The summed E-state index contributed by atoms with van der Waals surface area (Å²) in [7, 11) is 0. The molecule has 3 atom stereocenters. The van der Waals surface area contributed by atoms with Crippen molar-refractivity contribution in [3.63, 3.8) is 0 Å². The van der Waals surface area contributed by atoms with Gasteiger partial charge in [-0.05, 0) is 54.4 Å². The second-order valence-electron chi connectivity index (χ2n) is 7.29. The van der Waals surface area contributed by atoms with Gasteiger partial charge in [0.2, 0.25) is 0 Å². The van der Waals surface area contributed by atoms with E-state index in [0.717, 1.165) is 30.8 Å². The van der Waals surface area contributed by atoms with Gasteiger partial charge in [0.15, 0.2) is 0 Å². The Kier molecular flexibility index (Phi) is 4.74. The smallest absolute Gasteiger partial charge is 0.0371 e. The summed E-state index contributed by atoms with van der Waals surface area (Å²) < 4.78 is 0. The van der Waals surface area contributed by atoms with Crippen molar-refractivity contribution < 1.29 is 0 Å². The number of hydrogen-bond donors (Lipinski definition) is 1. The van der Waals surface area contributed by atoms with Gasteiger partial charge < -0.3 is 5.32 Å². The highest BCUT2D eigenvalue weighted by Crippen LogP contribution is 2.40. The second-order valence-corrected chi connectivity index (χ2v) is 7.29. The van der Waals surface area contributed by atoms with E-state index in [2.05, 4.69) is 38.4 Å². The number of fused-ring (bicyclic) bond motifs is 1. The fourth-order valence-corrected chi connectivity index (χ4v) is 4.54. The highest BCUT2D eigenvalue weighted by Gasteiger charge is 2.39. The fourth-order valence-electron chi connectivity index (χ4n) is 4.54. The second kappa shape index (κ2) is 7.31. The topological polar surface area (TPSA) is 41.1 Å². The van der Waals surface area contributed by atoms with Gasteiger partial charge in [0, 0.05) is 56.7 Å². The average molecular weight is 322 g/mol. The van der Waals surface area contributed by atoms with E-state index in [0.29, 0.717) is 0 Å². The van der Waals surface area contributed by atoms with Crippen LogP contribution in [0.1, 0.15) is 24.8 Å². The Labute approximate surface area is 144 Å². The molecule has 0 aromatic carbocycles. The summed E-state index contributed by atoms with van der Waals surface area (Å²) >= 11 is 0. The van der Waals surface area contributed by atoms with Crippen molar-refractivity contribution in [2.75, 3.05) is 25.0 Å². The summed E-state index contributed by atoms with van der Waals surface area (Å²) in [4.78, 5) is 11.0. The monoisotopic (exact) mass is 322 g/mol. The van der Waals surface area contributed by atoms with Gasteiger partial charge in [0.1, 0.15) is 0 Å². The molecule has 0 amide bonds. The molecule has 3 heterocycles. The van der Waals surface area contributed by atoms with Crippen LogP contribution in [0.3, 0.4) is 0 Å². The van der Waals surface area contributed by atoms with E-state index in [1.165, 1.54) is 43.6 Å². The molecule has 2 aromatic heterocycles. The van der Waals surface area contributed by atoms with E-state index in [1.807, 2.05) is 30.9 Å². The van der Waals surface area contributed by atoms with Crippen LogP contribution in [-0.4, -0.2) is 34.5 Å². The fraction of sp³-hybridized carbons (Fsp3) is 0.500. The maximum atomic E-state index is 4.25. The first-order valence-electron chi connectivity index (χ1n) is 9.13. The molecule has 126 valence electrons. The standard InChI is InChI=1S/C20H26N4/c1-4-17(12-23-19-6-9-21-10-7-19)20-15-24(14-18(20)5-1)13-16-3-2-8-22-11-16/h2-3,6-11,17-18,20H,1,4-5,12-15H2,(H,21,23)/t17-,18+,20+/m1/s1. The van der Waals surface area contributed by atoms with Gasteiger partial charge >= 0.3 is 0 Å². The normalized spacial score (nSPS) is 26.9. The molecule has 1 N–H and O–H groups in total. The minimum atomic E-state index is 0.788. The Balaban J connectivity index is 1.36. The largest absolute Gasteiger partial charge is 0.385 e. The summed E-state index contributed by atoms with van der Waals surface area (Å²) in [5.74, 6) is 2.50. The quantitative estimate of drug-likeness (QED) is 0.915.